The van der Waals surface area contributed by atoms with Gasteiger partial charge in [0.25, 0.3) is 5.91 Å². The van der Waals surface area contributed by atoms with Crippen LogP contribution >= 0.6 is 0 Å². The van der Waals surface area contributed by atoms with E-state index in [1.54, 1.807) is 24.5 Å². The third-order valence-electron chi connectivity index (χ3n) is 4.67. The Labute approximate surface area is 179 Å². The molecule has 5 nitrogen and oxygen atoms in total. The van der Waals surface area contributed by atoms with Crippen LogP contribution in [0, 0.1) is 5.82 Å². The summed E-state index contributed by atoms with van der Waals surface area (Å²) in [6, 6.07) is 23.1. The van der Waals surface area contributed by atoms with E-state index >= 15 is 0 Å². The molecule has 31 heavy (non-hydrogen) atoms. The number of nitrogens with zero attached hydrogens (tertiary/aromatic N) is 2. The second-order valence-electron chi connectivity index (χ2n) is 6.88. The van der Waals surface area contributed by atoms with Crippen LogP contribution < -0.4 is 10.1 Å². The third-order valence-corrected chi connectivity index (χ3v) is 4.67. The highest BCUT2D eigenvalue weighted by Crippen LogP contribution is 2.22. The summed E-state index contributed by atoms with van der Waals surface area (Å²) in [6.07, 6.45) is 4.07. The minimum Gasteiger partial charge on any atom is -0.424 e. The van der Waals surface area contributed by atoms with Crippen LogP contribution in [0.5, 0.6) is 11.8 Å². The summed E-state index contributed by atoms with van der Waals surface area (Å²) >= 11 is 0. The number of amides is 1. The maximum absolute atomic E-state index is 13.0. The van der Waals surface area contributed by atoms with Gasteiger partial charge in [0, 0.05) is 30.1 Å². The molecule has 0 spiro atoms. The summed E-state index contributed by atoms with van der Waals surface area (Å²) < 4.78 is 18.5. The van der Waals surface area contributed by atoms with Gasteiger partial charge in [-0.05, 0) is 53.9 Å². The Kier molecular flexibility index (Phi) is 6.28. The molecule has 6 heteroatoms. The van der Waals surface area contributed by atoms with E-state index in [9.17, 15) is 9.18 Å². The summed E-state index contributed by atoms with van der Waals surface area (Å²) in [6.45, 7) is 0.577. The summed E-state index contributed by atoms with van der Waals surface area (Å²) in [5, 5.41) is 2.94. The molecule has 0 bridgehead atoms. The van der Waals surface area contributed by atoms with E-state index in [1.165, 1.54) is 29.8 Å². The zero-order valence-electron chi connectivity index (χ0n) is 16.7. The SMILES string of the molecule is O=C(NCCc1ccccc1)c1ccc(-c2cnc(Oc3ccc(F)cc3)nc2)cc1. The largest absolute Gasteiger partial charge is 0.424 e. The fourth-order valence-corrected chi connectivity index (χ4v) is 3.01. The Morgan fingerprint density at radius 1 is 0.839 bits per heavy atom. The molecule has 0 aliphatic carbocycles. The molecule has 154 valence electrons. The van der Waals surface area contributed by atoms with Crippen molar-refractivity contribution in [2.75, 3.05) is 6.54 Å². The Morgan fingerprint density at radius 2 is 1.52 bits per heavy atom. The van der Waals surface area contributed by atoms with Crippen LogP contribution in [0.15, 0.2) is 91.3 Å². The first kappa shape index (κ1) is 20.2. The zero-order valence-corrected chi connectivity index (χ0v) is 16.7. The first-order valence-corrected chi connectivity index (χ1v) is 9.85. The van der Waals surface area contributed by atoms with Crippen LogP contribution in [-0.4, -0.2) is 22.4 Å². The van der Waals surface area contributed by atoms with E-state index < -0.39 is 0 Å². The number of aromatic nitrogens is 2. The Bertz CT molecular complexity index is 1130. The van der Waals surface area contributed by atoms with Crippen molar-refractivity contribution < 1.29 is 13.9 Å². The van der Waals surface area contributed by atoms with Crippen molar-refractivity contribution in [2.45, 2.75) is 6.42 Å². The predicted octanol–water partition coefficient (Wildman–Crippen LogP) is 5.05. The van der Waals surface area contributed by atoms with Crippen molar-refractivity contribution in [2.24, 2.45) is 0 Å². The molecule has 1 heterocycles. The predicted molar refractivity (Wildman–Crippen MR) is 116 cm³/mol. The van der Waals surface area contributed by atoms with E-state index in [0.29, 0.717) is 17.9 Å². The zero-order chi connectivity index (χ0) is 21.5. The molecule has 0 saturated heterocycles. The summed E-state index contributed by atoms with van der Waals surface area (Å²) in [5.41, 5.74) is 3.45. The van der Waals surface area contributed by atoms with Gasteiger partial charge in [-0.15, -0.1) is 0 Å². The van der Waals surface area contributed by atoms with Crippen molar-refractivity contribution in [1.82, 2.24) is 15.3 Å². The van der Waals surface area contributed by atoms with Gasteiger partial charge in [0.05, 0.1) is 0 Å². The summed E-state index contributed by atoms with van der Waals surface area (Å²) in [7, 11) is 0. The monoisotopic (exact) mass is 413 g/mol. The lowest BCUT2D eigenvalue weighted by Gasteiger charge is -2.07. The molecule has 0 radical (unpaired) electrons. The Hall–Kier alpha value is -4.06. The van der Waals surface area contributed by atoms with E-state index in [-0.39, 0.29) is 17.7 Å². The highest BCUT2D eigenvalue weighted by atomic mass is 19.1. The Balaban J connectivity index is 1.34. The Morgan fingerprint density at radius 3 is 2.19 bits per heavy atom. The number of carbonyl (C=O) groups excluding carboxylic acids is 1. The highest BCUT2D eigenvalue weighted by Gasteiger charge is 2.07. The van der Waals surface area contributed by atoms with E-state index in [2.05, 4.69) is 15.3 Å². The minimum absolute atomic E-state index is 0.109. The van der Waals surface area contributed by atoms with Gasteiger partial charge < -0.3 is 10.1 Å². The van der Waals surface area contributed by atoms with Gasteiger partial charge in [-0.1, -0.05) is 42.5 Å². The molecule has 0 fully saturated rings. The molecule has 4 aromatic rings. The molecule has 1 amide bonds. The summed E-state index contributed by atoms with van der Waals surface area (Å²) in [5.74, 6) is 0.00972. The van der Waals surface area contributed by atoms with Gasteiger partial charge in [0.2, 0.25) is 0 Å². The van der Waals surface area contributed by atoms with Crippen LogP contribution in [0.2, 0.25) is 0 Å². The minimum atomic E-state index is -0.336. The molecule has 3 aromatic carbocycles. The van der Waals surface area contributed by atoms with Crippen LogP contribution in [0.1, 0.15) is 15.9 Å². The smallest absolute Gasteiger partial charge is 0.321 e. The molecule has 0 aliphatic heterocycles. The molecule has 1 N–H and O–H groups in total. The van der Waals surface area contributed by atoms with E-state index in [1.807, 2.05) is 42.5 Å². The quantitative estimate of drug-likeness (QED) is 0.461. The molecule has 0 unspecified atom stereocenters. The van der Waals surface area contributed by atoms with Crippen molar-refractivity contribution in [3.05, 3.63) is 108 Å². The lowest BCUT2D eigenvalue weighted by atomic mass is 10.1. The maximum Gasteiger partial charge on any atom is 0.321 e. The normalized spacial score (nSPS) is 10.5. The average molecular weight is 413 g/mol. The first-order chi connectivity index (χ1) is 15.2. The van der Waals surface area contributed by atoms with Gasteiger partial charge >= 0.3 is 6.01 Å². The summed E-state index contributed by atoms with van der Waals surface area (Å²) in [4.78, 5) is 20.7. The number of rotatable bonds is 7. The topological polar surface area (TPSA) is 64.1 Å². The van der Waals surface area contributed by atoms with E-state index in [0.717, 1.165) is 17.5 Å². The second-order valence-corrected chi connectivity index (χ2v) is 6.88. The van der Waals surface area contributed by atoms with Crippen LogP contribution in [0.4, 0.5) is 4.39 Å². The number of benzene rings is 3. The molecular formula is C25H20FN3O2. The van der Waals surface area contributed by atoms with E-state index in [4.69, 9.17) is 4.74 Å². The van der Waals surface area contributed by atoms with Crippen molar-refractivity contribution in [3.63, 3.8) is 0 Å². The maximum atomic E-state index is 13.0. The molecule has 4 rings (SSSR count). The van der Waals surface area contributed by atoms with Gasteiger partial charge in [-0.25, -0.2) is 14.4 Å². The van der Waals surface area contributed by atoms with Crippen LogP contribution in [0.25, 0.3) is 11.1 Å². The van der Waals surface area contributed by atoms with Gasteiger partial charge in [0.15, 0.2) is 0 Å². The molecular weight excluding hydrogens is 393 g/mol. The number of hydrogen-bond donors (Lipinski definition) is 1. The highest BCUT2D eigenvalue weighted by molar-refractivity contribution is 5.94. The number of ether oxygens (including phenoxy) is 1. The lowest BCUT2D eigenvalue weighted by Crippen LogP contribution is -2.25. The van der Waals surface area contributed by atoms with Gasteiger partial charge in [0.1, 0.15) is 11.6 Å². The van der Waals surface area contributed by atoms with Crippen molar-refractivity contribution in [1.29, 1.82) is 0 Å². The average Bonchev–Trinajstić information content (AvgIpc) is 2.82. The van der Waals surface area contributed by atoms with Gasteiger partial charge in [-0.3, -0.25) is 4.79 Å². The number of halogens is 1. The molecule has 0 aliphatic rings. The van der Waals surface area contributed by atoms with Crippen LogP contribution in [-0.2, 0) is 6.42 Å². The standard InChI is InChI=1S/C25H20FN3O2/c26-22-10-12-23(13-11-22)31-25-28-16-21(17-29-25)19-6-8-20(9-7-19)24(30)27-15-14-18-4-2-1-3-5-18/h1-13,16-17H,14-15H2,(H,27,30). The fraction of sp³-hybridized carbons (Fsp3) is 0.0800. The second kappa shape index (κ2) is 9.63. The first-order valence-electron chi connectivity index (χ1n) is 9.85. The van der Waals surface area contributed by atoms with Crippen molar-refractivity contribution in [3.8, 4) is 22.9 Å². The molecule has 0 atom stereocenters. The number of hydrogen-bond acceptors (Lipinski definition) is 4. The molecule has 1 aromatic heterocycles. The fourth-order valence-electron chi connectivity index (χ4n) is 3.01. The molecule has 0 saturated carbocycles. The number of carbonyl (C=O) groups is 1. The number of nitrogens with one attached hydrogen (secondary N) is 1. The van der Waals surface area contributed by atoms with Gasteiger partial charge in [-0.2, -0.15) is 0 Å². The van der Waals surface area contributed by atoms with Crippen LogP contribution in [0.3, 0.4) is 0 Å². The third kappa shape index (κ3) is 5.51. The lowest BCUT2D eigenvalue weighted by molar-refractivity contribution is 0.0954. The van der Waals surface area contributed by atoms with Crippen molar-refractivity contribution >= 4 is 5.91 Å².